The first-order valence-corrected chi connectivity index (χ1v) is 4.02. The molecule has 0 unspecified atom stereocenters. The van der Waals surface area contributed by atoms with Crippen molar-refractivity contribution in [1.29, 1.82) is 0 Å². The van der Waals surface area contributed by atoms with Crippen LogP contribution in [0.3, 0.4) is 0 Å². The first kappa shape index (κ1) is 7.64. The summed E-state index contributed by atoms with van der Waals surface area (Å²) in [5.74, 6) is 0. The average Bonchev–Trinajstić information content (AvgIpc) is 1.94. The lowest BCUT2D eigenvalue weighted by molar-refractivity contribution is 0.668. The fraction of sp³-hybridized carbons (Fsp3) is 0.625. The largest absolute Gasteiger partial charge is 0.199 e. The van der Waals surface area contributed by atoms with Gasteiger partial charge in [-0.05, 0) is 44.8 Å². The minimum atomic E-state index is 1.09. The third-order valence-electron chi connectivity index (χ3n) is 1.89. The van der Waals surface area contributed by atoms with Gasteiger partial charge in [0.25, 0.3) is 0 Å². The highest BCUT2D eigenvalue weighted by Gasteiger charge is 2.06. The Morgan fingerprint density at radius 3 is 2.70 bits per heavy atom. The van der Waals surface area contributed by atoms with E-state index in [1.165, 1.54) is 30.5 Å². The molecule has 0 N–H and O–H groups in total. The van der Waals surface area contributed by atoms with Gasteiger partial charge >= 0.3 is 0 Å². The number of hydrogen-bond acceptors (Lipinski definition) is 2. The van der Waals surface area contributed by atoms with Crippen molar-refractivity contribution in [2.24, 2.45) is 4.99 Å². The molecule has 0 heterocycles. The predicted octanol–water partition coefficient (Wildman–Crippen LogP) is 2.94. The zero-order valence-corrected chi connectivity index (χ0v) is 7.00. The Balaban J connectivity index is 2.77. The molecule has 0 fully saturated rings. The van der Waals surface area contributed by atoms with Gasteiger partial charge in [-0.15, -0.1) is 0 Å². The summed E-state index contributed by atoms with van der Waals surface area (Å²) in [6.07, 6.45) is 4.85. The second kappa shape index (κ2) is 3.65. The van der Waals surface area contributed by atoms with Crippen molar-refractivity contribution >= 4 is 17.4 Å². The maximum absolute atomic E-state index is 4.53. The molecule has 2 heteroatoms. The first-order valence-electron chi connectivity index (χ1n) is 3.61. The Morgan fingerprint density at radius 2 is 2.10 bits per heavy atom. The average molecular weight is 153 g/mol. The predicted molar refractivity (Wildman–Crippen MR) is 46.2 cm³/mol. The van der Waals surface area contributed by atoms with E-state index in [1.807, 2.05) is 0 Å². The topological polar surface area (TPSA) is 12.4 Å². The summed E-state index contributed by atoms with van der Waals surface area (Å²) >= 11 is 4.53. The number of thiocarbonyl (C=S) groups is 1. The molecule has 0 spiro atoms. The maximum Gasteiger partial charge on any atom is 0.0637 e. The summed E-state index contributed by atoms with van der Waals surface area (Å²) in [7, 11) is 0. The highest BCUT2D eigenvalue weighted by molar-refractivity contribution is 7.78. The van der Waals surface area contributed by atoms with Gasteiger partial charge in [-0.3, -0.25) is 0 Å². The van der Waals surface area contributed by atoms with Crippen LogP contribution in [0.15, 0.2) is 16.3 Å². The van der Waals surface area contributed by atoms with Crippen molar-refractivity contribution in [2.45, 2.75) is 32.6 Å². The van der Waals surface area contributed by atoms with Crippen LogP contribution in [0.25, 0.3) is 0 Å². The Morgan fingerprint density at radius 1 is 1.40 bits per heavy atom. The molecule has 1 aliphatic rings. The second-order valence-electron chi connectivity index (χ2n) is 2.64. The lowest BCUT2D eigenvalue weighted by Crippen LogP contribution is -1.94. The van der Waals surface area contributed by atoms with E-state index in [2.05, 4.69) is 29.3 Å². The highest BCUT2D eigenvalue weighted by Crippen LogP contribution is 2.24. The van der Waals surface area contributed by atoms with Crippen LogP contribution < -0.4 is 0 Å². The third-order valence-corrected chi connectivity index (χ3v) is 1.98. The zero-order valence-electron chi connectivity index (χ0n) is 6.18. The van der Waals surface area contributed by atoms with Gasteiger partial charge in [0.1, 0.15) is 0 Å². The molecular formula is C8H11NS. The van der Waals surface area contributed by atoms with E-state index in [1.54, 1.807) is 0 Å². The van der Waals surface area contributed by atoms with E-state index >= 15 is 0 Å². The normalized spacial score (nSPS) is 18.5. The molecule has 1 aliphatic carbocycles. The van der Waals surface area contributed by atoms with Gasteiger partial charge < -0.3 is 0 Å². The summed E-state index contributed by atoms with van der Waals surface area (Å²) < 4.78 is 0. The molecule has 0 aromatic rings. The van der Waals surface area contributed by atoms with E-state index in [0.29, 0.717) is 0 Å². The van der Waals surface area contributed by atoms with E-state index in [4.69, 9.17) is 0 Å². The molecule has 0 saturated carbocycles. The van der Waals surface area contributed by atoms with Crippen molar-refractivity contribution in [2.75, 3.05) is 0 Å². The summed E-state index contributed by atoms with van der Waals surface area (Å²) in [5.41, 5.74) is 2.56. The Hall–Kier alpha value is -0.460. The second-order valence-corrected chi connectivity index (χ2v) is 2.82. The number of rotatable bonds is 1. The van der Waals surface area contributed by atoms with Gasteiger partial charge in [-0.25, -0.2) is 0 Å². The summed E-state index contributed by atoms with van der Waals surface area (Å²) in [6, 6.07) is 0. The van der Waals surface area contributed by atoms with Gasteiger partial charge in [-0.2, -0.15) is 4.99 Å². The van der Waals surface area contributed by atoms with Crippen LogP contribution in [0.2, 0.25) is 0 Å². The van der Waals surface area contributed by atoms with Crippen LogP contribution in [-0.2, 0) is 0 Å². The number of hydrogen-bond donors (Lipinski definition) is 0. The van der Waals surface area contributed by atoms with E-state index in [0.717, 1.165) is 6.42 Å². The van der Waals surface area contributed by atoms with Crippen LogP contribution in [0, 0.1) is 0 Å². The molecular weight excluding hydrogens is 142 g/mol. The van der Waals surface area contributed by atoms with Gasteiger partial charge in [0.05, 0.1) is 10.9 Å². The minimum Gasteiger partial charge on any atom is -0.199 e. The summed E-state index contributed by atoms with van der Waals surface area (Å²) in [4.78, 5) is 4.01. The fourth-order valence-electron chi connectivity index (χ4n) is 1.25. The molecule has 0 bridgehead atoms. The van der Waals surface area contributed by atoms with Gasteiger partial charge in [0, 0.05) is 0 Å². The molecule has 10 heavy (non-hydrogen) atoms. The highest BCUT2D eigenvalue weighted by atomic mass is 32.1. The zero-order chi connectivity index (χ0) is 7.40. The van der Waals surface area contributed by atoms with Crippen molar-refractivity contribution in [3.05, 3.63) is 11.3 Å². The standard InChI is InChI=1S/C8H11NS/c1-7-4-2-3-5-8(7)9-6-10/h2-5H2,1H3. The molecule has 54 valence electrons. The quantitative estimate of drug-likeness (QED) is 0.417. The number of nitrogens with zero attached hydrogens (tertiary/aromatic N) is 1. The monoisotopic (exact) mass is 153 g/mol. The Labute approximate surface area is 66.9 Å². The van der Waals surface area contributed by atoms with E-state index in [-0.39, 0.29) is 0 Å². The van der Waals surface area contributed by atoms with Crippen molar-refractivity contribution in [3.63, 3.8) is 0 Å². The molecule has 0 amide bonds. The lowest BCUT2D eigenvalue weighted by Gasteiger charge is -2.11. The van der Waals surface area contributed by atoms with Crippen molar-refractivity contribution in [3.8, 4) is 0 Å². The van der Waals surface area contributed by atoms with Crippen LogP contribution in [0.1, 0.15) is 32.6 Å². The van der Waals surface area contributed by atoms with Gasteiger partial charge in [-0.1, -0.05) is 5.57 Å². The molecule has 1 rings (SSSR count). The van der Waals surface area contributed by atoms with Gasteiger partial charge in [0.2, 0.25) is 0 Å². The fourth-order valence-corrected chi connectivity index (χ4v) is 1.36. The lowest BCUT2D eigenvalue weighted by atomic mass is 9.98. The molecule has 0 atom stereocenters. The van der Waals surface area contributed by atoms with E-state index < -0.39 is 0 Å². The Bertz CT molecular complexity index is 199. The molecule has 0 aromatic carbocycles. The smallest absolute Gasteiger partial charge is 0.0637 e. The maximum atomic E-state index is 4.53. The molecule has 0 aromatic heterocycles. The summed E-state index contributed by atoms with van der Waals surface area (Å²) in [6.45, 7) is 2.13. The minimum absolute atomic E-state index is 1.09. The molecule has 1 nitrogen and oxygen atoms in total. The molecule has 0 saturated heterocycles. The van der Waals surface area contributed by atoms with Gasteiger partial charge in [0.15, 0.2) is 0 Å². The summed E-state index contributed by atoms with van der Waals surface area (Å²) in [5, 5.41) is 2.42. The third kappa shape index (κ3) is 1.76. The molecule has 0 aliphatic heterocycles. The number of isothiocyanates is 1. The number of aliphatic imine (C=N–C) groups is 1. The van der Waals surface area contributed by atoms with Crippen LogP contribution in [0.4, 0.5) is 0 Å². The first-order chi connectivity index (χ1) is 4.84. The number of allylic oxidation sites excluding steroid dienone is 2. The SMILES string of the molecule is CC1=C(N=C=S)CCCC1. The van der Waals surface area contributed by atoms with Crippen LogP contribution >= 0.6 is 12.2 Å². The van der Waals surface area contributed by atoms with Crippen molar-refractivity contribution in [1.82, 2.24) is 0 Å². The Kier molecular flexibility index (Phi) is 2.79. The van der Waals surface area contributed by atoms with Crippen LogP contribution in [-0.4, -0.2) is 5.16 Å². The van der Waals surface area contributed by atoms with E-state index in [9.17, 15) is 0 Å². The van der Waals surface area contributed by atoms with Crippen molar-refractivity contribution < 1.29 is 0 Å². The molecule has 0 radical (unpaired) electrons. The van der Waals surface area contributed by atoms with Crippen LogP contribution in [0.5, 0.6) is 0 Å².